The smallest absolute Gasteiger partial charge is 0.253 e. The first kappa shape index (κ1) is 19.6. The van der Waals surface area contributed by atoms with Gasteiger partial charge in [0.05, 0.1) is 0 Å². The van der Waals surface area contributed by atoms with Gasteiger partial charge in [0.2, 0.25) is 0 Å². The summed E-state index contributed by atoms with van der Waals surface area (Å²) in [4.78, 5) is 20.6. The Bertz CT molecular complexity index is 331. The molecule has 1 aliphatic rings. The number of nitrogens with one attached hydrogen (secondary N) is 1. The third-order valence-electron chi connectivity index (χ3n) is 3.12. The fourth-order valence-corrected chi connectivity index (χ4v) is 4.17. The van der Waals surface area contributed by atoms with Gasteiger partial charge in [-0.25, -0.2) is 0 Å². The van der Waals surface area contributed by atoms with Crippen LogP contribution in [0.5, 0.6) is 0 Å². The number of carbonyl (C=O) groups is 2. The molecule has 0 bridgehead atoms. The Morgan fingerprint density at radius 3 is 1.70 bits per heavy atom. The molecule has 0 aliphatic carbocycles. The van der Waals surface area contributed by atoms with Gasteiger partial charge < -0.3 is 0 Å². The number of carbonyl (C=O) groups excluding carboxylic acids is 2. The van der Waals surface area contributed by atoms with Crippen LogP contribution in [0.2, 0.25) is 0 Å². The molecule has 0 saturated heterocycles. The Kier molecular flexibility index (Phi) is 11.0. The van der Waals surface area contributed by atoms with Crippen LogP contribution in [0.4, 0.5) is 0 Å². The van der Waals surface area contributed by atoms with Gasteiger partial charge >= 0.3 is 0 Å². The lowest BCUT2D eigenvalue weighted by Gasteiger charge is -2.09. The molecule has 2 unspecified atom stereocenters. The average Bonchev–Trinajstić information content (AvgIpc) is 2.71. The molecule has 0 saturated carbocycles. The van der Waals surface area contributed by atoms with Crippen molar-refractivity contribution in [2.24, 2.45) is 11.8 Å². The van der Waals surface area contributed by atoms with Gasteiger partial charge in [0.15, 0.2) is 0 Å². The summed E-state index contributed by atoms with van der Waals surface area (Å²) in [6, 6.07) is 0. The molecule has 0 aromatic heterocycles. The van der Waals surface area contributed by atoms with E-state index in [-0.39, 0.29) is 11.8 Å². The van der Waals surface area contributed by atoms with Crippen LogP contribution in [-0.4, -0.2) is 23.3 Å². The predicted molar refractivity (Wildman–Crippen MR) is 90.7 cm³/mol. The maximum Gasteiger partial charge on any atom is 0.253 e. The van der Waals surface area contributed by atoms with Crippen LogP contribution in [0, 0.1) is 11.8 Å². The minimum atomic E-state index is -0.312. The van der Waals surface area contributed by atoms with Gasteiger partial charge in [-0.1, -0.05) is 62.1 Å². The second-order valence-electron chi connectivity index (χ2n) is 5.24. The minimum absolute atomic E-state index is 0.282. The molecular weight excluding hydrogens is 290 g/mol. The van der Waals surface area contributed by atoms with Crippen LogP contribution in [0.15, 0.2) is 11.6 Å². The van der Waals surface area contributed by atoms with Gasteiger partial charge in [0, 0.05) is 23.2 Å². The number of rotatable bonds is 7. The van der Waals surface area contributed by atoms with Crippen molar-refractivity contribution in [3.05, 3.63) is 11.6 Å². The van der Waals surface area contributed by atoms with E-state index in [1.165, 1.54) is 30.4 Å². The van der Waals surface area contributed by atoms with Crippen molar-refractivity contribution < 1.29 is 9.59 Å². The van der Waals surface area contributed by atoms with Gasteiger partial charge in [-0.2, -0.15) is 0 Å². The molecule has 0 aromatic carbocycles. The van der Waals surface area contributed by atoms with Crippen LogP contribution in [0.1, 0.15) is 47.5 Å². The molecule has 1 heterocycles. The summed E-state index contributed by atoms with van der Waals surface area (Å²) in [5, 5.41) is 2.10. The number of imide groups is 1. The molecular formula is C15H27NO2S2. The maximum absolute atomic E-state index is 10.4. The topological polar surface area (TPSA) is 46.2 Å². The third-order valence-corrected chi connectivity index (χ3v) is 6.02. The molecule has 116 valence electrons. The zero-order valence-electron chi connectivity index (χ0n) is 13.2. The van der Waals surface area contributed by atoms with E-state index in [9.17, 15) is 9.59 Å². The van der Waals surface area contributed by atoms with Gasteiger partial charge in [0.25, 0.3) is 11.8 Å². The molecule has 0 aromatic rings. The summed E-state index contributed by atoms with van der Waals surface area (Å²) >= 11 is 0. The molecule has 0 fully saturated rings. The molecule has 1 aliphatic heterocycles. The summed E-state index contributed by atoms with van der Waals surface area (Å²) in [7, 11) is 4.09. The van der Waals surface area contributed by atoms with Crippen LogP contribution < -0.4 is 5.32 Å². The van der Waals surface area contributed by atoms with E-state index in [0.717, 1.165) is 11.8 Å². The van der Waals surface area contributed by atoms with Crippen molar-refractivity contribution in [2.45, 2.75) is 47.5 Å². The Labute approximate surface area is 131 Å². The standard InChI is InChI=1S/C10H22S2.C5H5NO2/c1-5-9(3)7-11-12-8-10(4)6-2;1-3-2-4(7)6-5(3)8/h9-10H,5-8H2,1-4H3;2H,1H3,(H,6,7,8). The monoisotopic (exact) mass is 317 g/mol. The van der Waals surface area contributed by atoms with Gasteiger partial charge in [-0.3, -0.25) is 14.9 Å². The van der Waals surface area contributed by atoms with E-state index in [4.69, 9.17) is 0 Å². The summed E-state index contributed by atoms with van der Waals surface area (Å²) in [5.41, 5.74) is 0.481. The lowest BCUT2D eigenvalue weighted by Crippen LogP contribution is -2.21. The van der Waals surface area contributed by atoms with Crippen molar-refractivity contribution >= 4 is 33.4 Å². The number of hydrogen-bond acceptors (Lipinski definition) is 4. The van der Waals surface area contributed by atoms with Crippen LogP contribution in [0.25, 0.3) is 0 Å². The molecule has 2 atom stereocenters. The van der Waals surface area contributed by atoms with Gasteiger partial charge in [0.1, 0.15) is 0 Å². The predicted octanol–water partition coefficient (Wildman–Crippen LogP) is 4.05. The van der Waals surface area contributed by atoms with E-state index in [1.807, 2.05) is 21.6 Å². The van der Waals surface area contributed by atoms with E-state index >= 15 is 0 Å². The first-order valence-corrected chi connectivity index (χ1v) is 9.67. The molecule has 0 spiro atoms. The van der Waals surface area contributed by atoms with Crippen molar-refractivity contribution in [1.29, 1.82) is 0 Å². The van der Waals surface area contributed by atoms with E-state index in [2.05, 4.69) is 33.0 Å². The van der Waals surface area contributed by atoms with Crippen molar-refractivity contribution in [3.63, 3.8) is 0 Å². The zero-order chi connectivity index (χ0) is 15.5. The van der Waals surface area contributed by atoms with Gasteiger partial charge in [-0.05, 0) is 18.8 Å². The van der Waals surface area contributed by atoms with Crippen molar-refractivity contribution in [1.82, 2.24) is 5.32 Å². The first-order chi connectivity index (χ1) is 9.40. The lowest BCUT2D eigenvalue weighted by atomic mass is 10.2. The van der Waals surface area contributed by atoms with Crippen molar-refractivity contribution in [3.8, 4) is 0 Å². The molecule has 20 heavy (non-hydrogen) atoms. The normalized spacial score (nSPS) is 16.9. The average molecular weight is 318 g/mol. The van der Waals surface area contributed by atoms with E-state index in [1.54, 1.807) is 6.92 Å². The highest BCUT2D eigenvalue weighted by Crippen LogP contribution is 2.27. The third kappa shape index (κ3) is 9.48. The van der Waals surface area contributed by atoms with Crippen LogP contribution in [0.3, 0.4) is 0 Å². The second-order valence-corrected chi connectivity index (χ2v) is 7.79. The SMILES string of the molecule is CC1=CC(=O)NC1=O.CCC(C)CSSCC(C)CC. The highest BCUT2D eigenvalue weighted by molar-refractivity contribution is 8.76. The molecule has 1 rings (SSSR count). The second kappa shape index (κ2) is 11.3. The quantitative estimate of drug-likeness (QED) is 0.437. The maximum atomic E-state index is 10.4. The largest absolute Gasteiger partial charge is 0.289 e. The number of amides is 2. The Morgan fingerprint density at radius 2 is 1.50 bits per heavy atom. The Balaban J connectivity index is 0.000000388. The molecule has 3 nitrogen and oxygen atoms in total. The summed E-state index contributed by atoms with van der Waals surface area (Å²) in [5.74, 6) is 3.82. The molecule has 5 heteroatoms. The molecule has 2 amide bonds. The van der Waals surface area contributed by atoms with Crippen LogP contribution in [-0.2, 0) is 9.59 Å². The Morgan fingerprint density at radius 1 is 1.05 bits per heavy atom. The first-order valence-electron chi connectivity index (χ1n) is 7.18. The highest BCUT2D eigenvalue weighted by Gasteiger charge is 2.15. The Hall–Kier alpha value is -0.420. The summed E-state index contributed by atoms with van der Waals surface area (Å²) in [6.07, 6.45) is 3.91. The fraction of sp³-hybridized carbons (Fsp3) is 0.733. The minimum Gasteiger partial charge on any atom is -0.289 e. The lowest BCUT2D eigenvalue weighted by molar-refractivity contribution is -0.123. The molecule has 1 N–H and O–H groups in total. The number of hydrogen-bond donors (Lipinski definition) is 1. The van der Waals surface area contributed by atoms with Gasteiger partial charge in [-0.15, -0.1) is 0 Å². The highest BCUT2D eigenvalue weighted by atomic mass is 33.1. The van der Waals surface area contributed by atoms with E-state index in [0.29, 0.717) is 5.57 Å². The zero-order valence-corrected chi connectivity index (χ0v) is 14.8. The summed E-state index contributed by atoms with van der Waals surface area (Å²) in [6.45, 7) is 10.8. The van der Waals surface area contributed by atoms with Crippen LogP contribution >= 0.6 is 21.6 Å². The van der Waals surface area contributed by atoms with E-state index < -0.39 is 0 Å². The van der Waals surface area contributed by atoms with Crippen molar-refractivity contribution in [2.75, 3.05) is 11.5 Å². The molecule has 0 radical (unpaired) electrons. The fourth-order valence-electron chi connectivity index (χ4n) is 1.07. The summed E-state index contributed by atoms with van der Waals surface area (Å²) < 4.78 is 0.